The predicted molar refractivity (Wildman–Crippen MR) is 112 cm³/mol. The normalized spacial score (nSPS) is 18.1. The van der Waals surface area contributed by atoms with Crippen molar-refractivity contribution in [1.29, 1.82) is 0 Å². The summed E-state index contributed by atoms with van der Waals surface area (Å²) in [6.45, 7) is 4.25. The van der Waals surface area contributed by atoms with Gasteiger partial charge in [-0.1, -0.05) is 19.8 Å². The van der Waals surface area contributed by atoms with E-state index in [1.54, 1.807) is 37.3 Å². The first-order valence-corrected chi connectivity index (χ1v) is 10.00. The van der Waals surface area contributed by atoms with Gasteiger partial charge in [0.15, 0.2) is 0 Å². The predicted octanol–water partition coefficient (Wildman–Crippen LogP) is 4.22. The second-order valence-corrected chi connectivity index (χ2v) is 7.21. The van der Waals surface area contributed by atoms with Gasteiger partial charge in [-0.15, -0.1) is 0 Å². The molecule has 30 heavy (non-hydrogen) atoms. The van der Waals surface area contributed by atoms with Crippen LogP contribution in [0.2, 0.25) is 0 Å². The number of carbonyl (C=O) groups is 2. The monoisotopic (exact) mass is 413 g/mol. The van der Waals surface area contributed by atoms with Crippen LogP contribution >= 0.6 is 0 Å². The number of ketones is 1. The molecule has 0 spiro atoms. The van der Waals surface area contributed by atoms with Crippen LogP contribution in [0.1, 0.15) is 49.3 Å². The number of unbranched alkanes of at least 4 members (excludes halogenated alkanes) is 2. The smallest absolute Gasteiger partial charge is 0.295 e. The molecule has 2 aromatic rings. The van der Waals surface area contributed by atoms with Crippen LogP contribution in [-0.4, -0.2) is 42.5 Å². The molecule has 0 saturated carbocycles. The van der Waals surface area contributed by atoms with Crippen molar-refractivity contribution in [3.8, 4) is 11.5 Å². The molecule has 1 aliphatic rings. The summed E-state index contributed by atoms with van der Waals surface area (Å²) in [5.74, 6) is 0.233. The number of amides is 1. The van der Waals surface area contributed by atoms with Crippen molar-refractivity contribution in [2.45, 2.75) is 39.2 Å². The topological polar surface area (TPSA) is 89.2 Å². The highest BCUT2D eigenvalue weighted by atomic mass is 16.5. The van der Waals surface area contributed by atoms with Gasteiger partial charge in [0.1, 0.15) is 34.8 Å². The number of aliphatic hydroxyl groups excluding tert-OH is 1. The van der Waals surface area contributed by atoms with Crippen molar-refractivity contribution in [3.05, 3.63) is 53.0 Å². The highest BCUT2D eigenvalue weighted by Crippen LogP contribution is 2.42. The molecule has 1 N–H and O–H groups in total. The summed E-state index contributed by atoms with van der Waals surface area (Å²) < 4.78 is 16.4. The summed E-state index contributed by atoms with van der Waals surface area (Å²) in [6, 6.07) is 7.60. The SMILES string of the molecule is CCCCCN1C(=O)C(=O)/C(=C(/O)c2cc(OC)ccc2OC)C1c1ccc(C)o1. The number of ether oxygens (including phenoxy) is 2. The minimum Gasteiger partial charge on any atom is -0.507 e. The van der Waals surface area contributed by atoms with Crippen LogP contribution in [0, 0.1) is 6.92 Å². The van der Waals surface area contributed by atoms with E-state index in [9.17, 15) is 14.7 Å². The Bertz CT molecular complexity index is 974. The summed E-state index contributed by atoms with van der Waals surface area (Å²) in [5, 5.41) is 11.2. The van der Waals surface area contributed by atoms with E-state index in [1.807, 2.05) is 0 Å². The number of nitrogens with zero attached hydrogens (tertiary/aromatic N) is 1. The van der Waals surface area contributed by atoms with Gasteiger partial charge in [0.25, 0.3) is 11.7 Å². The molecule has 160 valence electrons. The summed E-state index contributed by atoms with van der Waals surface area (Å²) in [6.07, 6.45) is 2.66. The molecule has 3 rings (SSSR count). The average Bonchev–Trinajstić information content (AvgIpc) is 3.29. The molecular formula is C23H27NO6. The maximum atomic E-state index is 13.0. The number of aryl methyl sites for hydroxylation is 1. The van der Waals surface area contributed by atoms with Crippen molar-refractivity contribution >= 4 is 17.4 Å². The maximum Gasteiger partial charge on any atom is 0.295 e. The Morgan fingerprint density at radius 1 is 1.13 bits per heavy atom. The lowest BCUT2D eigenvalue weighted by Gasteiger charge is -2.23. The lowest BCUT2D eigenvalue weighted by atomic mass is 9.98. The molecular weight excluding hydrogens is 386 g/mol. The minimum atomic E-state index is -0.800. The van der Waals surface area contributed by atoms with Gasteiger partial charge in [-0.2, -0.15) is 0 Å². The minimum absolute atomic E-state index is 0.0163. The average molecular weight is 413 g/mol. The van der Waals surface area contributed by atoms with Crippen LogP contribution in [0.3, 0.4) is 0 Å². The summed E-state index contributed by atoms with van der Waals surface area (Å²) >= 11 is 0. The molecule has 1 aliphatic heterocycles. The van der Waals surface area contributed by atoms with Crippen LogP contribution < -0.4 is 9.47 Å². The molecule has 2 heterocycles. The number of aliphatic hydroxyl groups is 1. The van der Waals surface area contributed by atoms with E-state index in [2.05, 4.69) is 6.92 Å². The zero-order chi connectivity index (χ0) is 21.8. The molecule has 7 nitrogen and oxygen atoms in total. The molecule has 1 aromatic heterocycles. The molecule has 1 aromatic carbocycles. The lowest BCUT2D eigenvalue weighted by Crippen LogP contribution is -2.30. The van der Waals surface area contributed by atoms with Crippen molar-refractivity contribution in [2.24, 2.45) is 0 Å². The van der Waals surface area contributed by atoms with E-state index in [0.29, 0.717) is 29.6 Å². The molecule has 1 unspecified atom stereocenters. The number of likely N-dealkylation sites (tertiary alicyclic amines) is 1. The van der Waals surface area contributed by atoms with Crippen molar-refractivity contribution in [1.82, 2.24) is 4.90 Å². The second kappa shape index (κ2) is 9.07. The number of furan rings is 1. The van der Waals surface area contributed by atoms with Gasteiger partial charge in [0, 0.05) is 6.54 Å². The third-order valence-corrected chi connectivity index (χ3v) is 5.23. The Morgan fingerprint density at radius 2 is 1.90 bits per heavy atom. The number of hydrogen-bond acceptors (Lipinski definition) is 6. The van der Waals surface area contributed by atoms with Crippen LogP contribution in [0.4, 0.5) is 0 Å². The highest BCUT2D eigenvalue weighted by molar-refractivity contribution is 6.46. The summed E-state index contributed by atoms with van der Waals surface area (Å²) in [7, 11) is 2.97. The van der Waals surface area contributed by atoms with Crippen molar-refractivity contribution in [3.63, 3.8) is 0 Å². The molecule has 1 amide bonds. The van der Waals surface area contributed by atoms with Gasteiger partial charge >= 0.3 is 0 Å². The summed E-state index contributed by atoms with van der Waals surface area (Å²) in [4.78, 5) is 27.3. The third-order valence-electron chi connectivity index (χ3n) is 5.23. The molecule has 0 bridgehead atoms. The standard InChI is InChI=1S/C23H27NO6/c1-5-6-7-12-24-20(18-10-8-14(2)30-18)19(22(26)23(24)27)21(25)16-13-15(28-3)9-11-17(16)29-4/h8-11,13,20,25H,5-7,12H2,1-4H3/b21-19+. The lowest BCUT2D eigenvalue weighted by molar-refractivity contribution is -0.140. The number of hydrogen-bond donors (Lipinski definition) is 1. The van der Waals surface area contributed by atoms with E-state index in [-0.39, 0.29) is 16.9 Å². The van der Waals surface area contributed by atoms with Crippen molar-refractivity contribution < 1.29 is 28.6 Å². The molecule has 1 saturated heterocycles. The first kappa shape index (κ1) is 21.5. The fourth-order valence-corrected chi connectivity index (χ4v) is 3.68. The fourth-order valence-electron chi connectivity index (χ4n) is 3.68. The number of rotatable bonds is 8. The largest absolute Gasteiger partial charge is 0.507 e. The van der Waals surface area contributed by atoms with Gasteiger partial charge in [0.2, 0.25) is 0 Å². The Balaban J connectivity index is 2.17. The quantitative estimate of drug-likeness (QED) is 0.302. The van der Waals surface area contributed by atoms with E-state index in [0.717, 1.165) is 19.3 Å². The van der Waals surface area contributed by atoms with Crippen molar-refractivity contribution in [2.75, 3.05) is 20.8 Å². The number of carbonyl (C=O) groups excluding carboxylic acids is 2. The molecule has 0 radical (unpaired) electrons. The van der Waals surface area contributed by atoms with Crippen LogP contribution in [0.15, 0.2) is 40.3 Å². The van der Waals surface area contributed by atoms with E-state index < -0.39 is 17.7 Å². The zero-order valence-electron chi connectivity index (χ0n) is 17.7. The molecule has 1 fully saturated rings. The van der Waals surface area contributed by atoms with Gasteiger partial charge in [0.05, 0.1) is 25.4 Å². The van der Waals surface area contributed by atoms with E-state index in [4.69, 9.17) is 13.9 Å². The first-order chi connectivity index (χ1) is 14.4. The first-order valence-electron chi connectivity index (χ1n) is 10.00. The fraction of sp³-hybridized carbons (Fsp3) is 0.391. The maximum absolute atomic E-state index is 13.0. The number of methoxy groups -OCH3 is 2. The number of Topliss-reactive ketones (excluding diaryl/α,β-unsaturated/α-hetero) is 1. The third kappa shape index (κ3) is 3.92. The van der Waals surface area contributed by atoms with Crippen LogP contribution in [0.25, 0.3) is 5.76 Å². The second-order valence-electron chi connectivity index (χ2n) is 7.21. The van der Waals surface area contributed by atoms with Gasteiger partial charge in [-0.05, 0) is 43.7 Å². The molecule has 0 aliphatic carbocycles. The van der Waals surface area contributed by atoms with Gasteiger partial charge in [-0.3, -0.25) is 9.59 Å². The highest BCUT2D eigenvalue weighted by Gasteiger charge is 2.47. The Hall–Kier alpha value is -3.22. The Labute approximate surface area is 175 Å². The number of benzene rings is 1. The van der Waals surface area contributed by atoms with E-state index in [1.165, 1.54) is 19.1 Å². The van der Waals surface area contributed by atoms with Gasteiger partial charge < -0.3 is 23.9 Å². The van der Waals surface area contributed by atoms with Gasteiger partial charge in [-0.25, -0.2) is 0 Å². The zero-order valence-corrected chi connectivity index (χ0v) is 17.7. The van der Waals surface area contributed by atoms with Crippen LogP contribution in [-0.2, 0) is 9.59 Å². The van der Waals surface area contributed by atoms with E-state index >= 15 is 0 Å². The van der Waals surface area contributed by atoms with Crippen LogP contribution in [0.5, 0.6) is 11.5 Å². The Morgan fingerprint density at radius 3 is 2.50 bits per heavy atom. The molecule has 7 heteroatoms. The Kier molecular flexibility index (Phi) is 6.50. The summed E-state index contributed by atoms with van der Waals surface area (Å²) in [5.41, 5.74) is 0.258. The molecule has 1 atom stereocenters.